The monoisotopic (exact) mass is 180 g/mol. The predicted molar refractivity (Wildman–Crippen MR) is 47.9 cm³/mol. The minimum Gasteiger partial charge on any atom is -0.449 e. The summed E-state index contributed by atoms with van der Waals surface area (Å²) in [6, 6.07) is 0. The van der Waals surface area contributed by atoms with Gasteiger partial charge in [0.2, 0.25) is 0 Å². The molecule has 70 valence electrons. The Bertz CT molecular complexity index is 266. The van der Waals surface area contributed by atoms with E-state index in [2.05, 4.69) is 18.4 Å². The van der Waals surface area contributed by atoms with Gasteiger partial charge in [-0.3, -0.25) is 0 Å². The second-order valence-corrected chi connectivity index (χ2v) is 2.91. The van der Waals surface area contributed by atoms with Crippen LogP contribution in [0.4, 0.5) is 0 Å². The van der Waals surface area contributed by atoms with E-state index in [9.17, 15) is 4.79 Å². The molecule has 0 radical (unpaired) electrons. The number of hydrogen-bond acceptors (Lipinski definition) is 3. The van der Waals surface area contributed by atoms with E-state index in [-0.39, 0.29) is 12.6 Å². The van der Waals surface area contributed by atoms with Crippen molar-refractivity contribution in [3.8, 4) is 11.8 Å². The third-order valence-corrected chi connectivity index (χ3v) is 1.57. The molecule has 0 spiro atoms. The fraction of sp³-hybridized carbons (Fsp3) is 0.500. The molecule has 0 unspecified atom stereocenters. The first-order valence-electron chi connectivity index (χ1n) is 4.09. The summed E-state index contributed by atoms with van der Waals surface area (Å²) in [7, 11) is 0. The highest BCUT2D eigenvalue weighted by atomic mass is 16.5. The molecule has 0 aromatic carbocycles. The topological polar surface area (TPSA) is 35.5 Å². The standard InChI is InChI=1S/C10H12O3/c1-8(2)10(11)13-5-3-4-9-6-12-7-9/h9H,1,5-7H2,2H3. The summed E-state index contributed by atoms with van der Waals surface area (Å²) < 4.78 is 9.70. The molecule has 0 aliphatic carbocycles. The van der Waals surface area contributed by atoms with Crippen molar-refractivity contribution in [2.75, 3.05) is 19.8 Å². The minimum atomic E-state index is -0.390. The highest BCUT2D eigenvalue weighted by molar-refractivity contribution is 5.87. The molecule has 1 heterocycles. The van der Waals surface area contributed by atoms with Crippen LogP contribution < -0.4 is 0 Å². The quantitative estimate of drug-likeness (QED) is 0.357. The first kappa shape index (κ1) is 9.82. The maximum absolute atomic E-state index is 10.9. The Labute approximate surface area is 77.7 Å². The number of carbonyl (C=O) groups is 1. The number of esters is 1. The van der Waals surface area contributed by atoms with E-state index in [1.54, 1.807) is 6.92 Å². The molecule has 1 saturated heterocycles. The summed E-state index contributed by atoms with van der Waals surface area (Å²) in [6.07, 6.45) is 0. The smallest absolute Gasteiger partial charge is 0.334 e. The fourth-order valence-corrected chi connectivity index (χ4v) is 0.730. The van der Waals surface area contributed by atoms with Gasteiger partial charge < -0.3 is 9.47 Å². The lowest BCUT2D eigenvalue weighted by atomic mass is 10.1. The second kappa shape index (κ2) is 4.68. The maximum Gasteiger partial charge on any atom is 0.334 e. The number of rotatable bonds is 2. The largest absolute Gasteiger partial charge is 0.449 e. The average Bonchev–Trinajstić information content (AvgIpc) is 2.00. The molecule has 3 nitrogen and oxygen atoms in total. The Morgan fingerprint density at radius 1 is 1.69 bits per heavy atom. The minimum absolute atomic E-state index is 0.141. The lowest BCUT2D eigenvalue weighted by Crippen LogP contribution is -2.25. The van der Waals surface area contributed by atoms with Crippen LogP contribution in [0.1, 0.15) is 6.92 Å². The summed E-state index contributed by atoms with van der Waals surface area (Å²) >= 11 is 0. The Morgan fingerprint density at radius 2 is 2.38 bits per heavy atom. The van der Waals surface area contributed by atoms with Gasteiger partial charge in [-0.05, 0) is 6.92 Å². The van der Waals surface area contributed by atoms with Gasteiger partial charge in [0, 0.05) is 5.57 Å². The molecule has 1 aliphatic heterocycles. The van der Waals surface area contributed by atoms with E-state index in [4.69, 9.17) is 9.47 Å². The van der Waals surface area contributed by atoms with E-state index in [1.807, 2.05) is 0 Å². The van der Waals surface area contributed by atoms with Crippen LogP contribution in [0.5, 0.6) is 0 Å². The maximum atomic E-state index is 10.9. The van der Waals surface area contributed by atoms with Crippen molar-refractivity contribution < 1.29 is 14.3 Å². The first-order valence-corrected chi connectivity index (χ1v) is 4.09. The van der Waals surface area contributed by atoms with E-state index in [0.717, 1.165) is 0 Å². The fourth-order valence-electron chi connectivity index (χ4n) is 0.730. The zero-order valence-electron chi connectivity index (χ0n) is 7.63. The summed E-state index contributed by atoms with van der Waals surface area (Å²) in [5, 5.41) is 0. The van der Waals surface area contributed by atoms with Crippen molar-refractivity contribution >= 4 is 5.97 Å². The normalized spacial score (nSPS) is 15.2. The van der Waals surface area contributed by atoms with Gasteiger partial charge in [0.15, 0.2) is 6.61 Å². The Balaban J connectivity index is 2.14. The third kappa shape index (κ3) is 3.30. The van der Waals surface area contributed by atoms with Gasteiger partial charge in [-0.2, -0.15) is 0 Å². The Hall–Kier alpha value is -1.27. The lowest BCUT2D eigenvalue weighted by Gasteiger charge is -2.19. The third-order valence-electron chi connectivity index (χ3n) is 1.57. The summed E-state index contributed by atoms with van der Waals surface area (Å²) in [4.78, 5) is 10.9. The molecule has 0 aromatic rings. The lowest BCUT2D eigenvalue weighted by molar-refractivity contribution is -0.137. The van der Waals surface area contributed by atoms with Crippen molar-refractivity contribution in [2.24, 2.45) is 5.92 Å². The zero-order chi connectivity index (χ0) is 9.68. The molecule has 0 aromatic heterocycles. The molecule has 0 atom stereocenters. The molecule has 1 rings (SSSR count). The molecule has 1 fully saturated rings. The molecule has 0 N–H and O–H groups in total. The summed E-state index contributed by atoms with van der Waals surface area (Å²) in [5.74, 6) is 5.62. The Kier molecular flexibility index (Phi) is 3.53. The van der Waals surface area contributed by atoms with Gasteiger partial charge in [-0.25, -0.2) is 4.79 Å². The molecule has 3 heteroatoms. The van der Waals surface area contributed by atoms with Gasteiger partial charge in [-0.1, -0.05) is 18.4 Å². The molecule has 0 amide bonds. The van der Waals surface area contributed by atoms with Crippen molar-refractivity contribution in [3.05, 3.63) is 12.2 Å². The average molecular weight is 180 g/mol. The van der Waals surface area contributed by atoms with E-state index >= 15 is 0 Å². The molecular weight excluding hydrogens is 168 g/mol. The van der Waals surface area contributed by atoms with Crippen LogP contribution in [-0.2, 0) is 14.3 Å². The van der Waals surface area contributed by atoms with Gasteiger partial charge in [0.25, 0.3) is 0 Å². The predicted octanol–water partition coefficient (Wildman–Crippen LogP) is 0.755. The van der Waals surface area contributed by atoms with Crippen LogP contribution in [-0.4, -0.2) is 25.8 Å². The number of hydrogen-bond donors (Lipinski definition) is 0. The van der Waals surface area contributed by atoms with Gasteiger partial charge >= 0.3 is 5.97 Å². The van der Waals surface area contributed by atoms with E-state index < -0.39 is 0 Å². The van der Waals surface area contributed by atoms with Crippen LogP contribution in [0.25, 0.3) is 0 Å². The van der Waals surface area contributed by atoms with Gasteiger partial charge in [0.05, 0.1) is 19.1 Å². The van der Waals surface area contributed by atoms with Crippen LogP contribution in [0.3, 0.4) is 0 Å². The van der Waals surface area contributed by atoms with Crippen molar-refractivity contribution in [3.63, 3.8) is 0 Å². The molecule has 0 saturated carbocycles. The number of carbonyl (C=O) groups excluding carboxylic acids is 1. The van der Waals surface area contributed by atoms with Crippen LogP contribution in [0, 0.1) is 17.8 Å². The summed E-state index contributed by atoms with van der Waals surface area (Å²) in [6.45, 7) is 6.59. The van der Waals surface area contributed by atoms with E-state index in [1.165, 1.54) is 0 Å². The van der Waals surface area contributed by atoms with Gasteiger partial charge in [-0.15, -0.1) is 0 Å². The molecule has 13 heavy (non-hydrogen) atoms. The molecule has 1 aliphatic rings. The first-order chi connectivity index (χ1) is 6.20. The zero-order valence-corrected chi connectivity index (χ0v) is 7.63. The SMILES string of the molecule is C=C(C)C(=O)OCC#CC1COC1. The van der Waals surface area contributed by atoms with Crippen molar-refractivity contribution in [1.82, 2.24) is 0 Å². The van der Waals surface area contributed by atoms with Crippen molar-refractivity contribution in [1.29, 1.82) is 0 Å². The Morgan fingerprint density at radius 3 is 2.85 bits per heavy atom. The van der Waals surface area contributed by atoms with E-state index in [0.29, 0.717) is 24.7 Å². The van der Waals surface area contributed by atoms with Crippen LogP contribution >= 0.6 is 0 Å². The van der Waals surface area contributed by atoms with Crippen molar-refractivity contribution in [2.45, 2.75) is 6.92 Å². The highest BCUT2D eigenvalue weighted by Crippen LogP contribution is 2.06. The van der Waals surface area contributed by atoms with Crippen LogP contribution in [0.2, 0.25) is 0 Å². The number of ether oxygens (including phenoxy) is 2. The van der Waals surface area contributed by atoms with Crippen LogP contribution in [0.15, 0.2) is 12.2 Å². The highest BCUT2D eigenvalue weighted by Gasteiger charge is 2.14. The molecular formula is C10H12O3. The summed E-state index contributed by atoms with van der Waals surface area (Å²) in [5.41, 5.74) is 0.397. The molecule has 0 bridgehead atoms. The second-order valence-electron chi connectivity index (χ2n) is 2.91. The van der Waals surface area contributed by atoms with Gasteiger partial charge in [0.1, 0.15) is 0 Å².